The molecule has 2 rings (SSSR count). The molecule has 1 unspecified atom stereocenters. The average molecular weight is 413 g/mol. The average Bonchev–Trinajstić information content (AvgIpc) is 2.74. The topological polar surface area (TPSA) is 49.4 Å². The summed E-state index contributed by atoms with van der Waals surface area (Å²) in [7, 11) is 0. The van der Waals surface area contributed by atoms with Crippen molar-refractivity contribution in [3.63, 3.8) is 0 Å². The van der Waals surface area contributed by atoms with E-state index in [-0.39, 0.29) is 11.8 Å². The molecule has 156 valence electrons. The molecule has 0 saturated carbocycles. The van der Waals surface area contributed by atoms with Crippen LogP contribution >= 0.6 is 11.8 Å². The van der Waals surface area contributed by atoms with E-state index >= 15 is 0 Å². The number of carbonyl (C=O) groups is 2. The number of aryl methyl sites for hydroxylation is 1. The van der Waals surface area contributed by atoms with E-state index in [4.69, 9.17) is 0 Å². The van der Waals surface area contributed by atoms with Crippen molar-refractivity contribution in [2.24, 2.45) is 0 Å². The van der Waals surface area contributed by atoms with Gasteiger partial charge in [0.15, 0.2) is 0 Å². The molecule has 4 nitrogen and oxygen atoms in total. The second-order valence-electron chi connectivity index (χ2n) is 7.18. The van der Waals surface area contributed by atoms with Crippen molar-refractivity contribution in [3.8, 4) is 0 Å². The van der Waals surface area contributed by atoms with Gasteiger partial charge in [-0.05, 0) is 37.5 Å². The van der Waals surface area contributed by atoms with Gasteiger partial charge in [0.1, 0.15) is 6.04 Å². The first-order valence-electron chi connectivity index (χ1n) is 10.4. The number of benzene rings is 2. The molecule has 0 aliphatic heterocycles. The summed E-state index contributed by atoms with van der Waals surface area (Å²) < 4.78 is 0. The number of rotatable bonds is 11. The van der Waals surface area contributed by atoms with Crippen LogP contribution < -0.4 is 5.32 Å². The Morgan fingerprint density at radius 3 is 2.34 bits per heavy atom. The summed E-state index contributed by atoms with van der Waals surface area (Å²) in [6.07, 6.45) is 2.56. The summed E-state index contributed by atoms with van der Waals surface area (Å²) in [5.74, 6) is 0.233. The van der Waals surface area contributed by atoms with Crippen molar-refractivity contribution in [2.75, 3.05) is 12.3 Å². The fraction of sp³-hybridized carbons (Fsp3) is 0.417. The number of unbranched alkanes of at least 4 members (excludes halogenated alkanes) is 1. The lowest BCUT2D eigenvalue weighted by Gasteiger charge is -2.30. The summed E-state index contributed by atoms with van der Waals surface area (Å²) in [5, 5.41) is 3.00. The molecule has 2 amide bonds. The largest absolute Gasteiger partial charge is 0.354 e. The molecule has 0 aliphatic rings. The lowest BCUT2D eigenvalue weighted by molar-refractivity contribution is -0.139. The van der Waals surface area contributed by atoms with E-state index in [0.29, 0.717) is 25.3 Å². The zero-order chi connectivity index (χ0) is 21.1. The molecule has 0 fully saturated rings. The van der Waals surface area contributed by atoms with Crippen LogP contribution in [0.4, 0.5) is 0 Å². The van der Waals surface area contributed by atoms with Crippen molar-refractivity contribution in [3.05, 3.63) is 65.7 Å². The molecular formula is C24H32N2O2S. The van der Waals surface area contributed by atoms with Gasteiger partial charge < -0.3 is 10.2 Å². The lowest BCUT2D eigenvalue weighted by atomic mass is 10.1. The molecular weight excluding hydrogens is 380 g/mol. The maximum absolute atomic E-state index is 13.1. The number of hydrogen-bond donors (Lipinski definition) is 1. The van der Waals surface area contributed by atoms with Gasteiger partial charge in [0.2, 0.25) is 11.8 Å². The monoisotopic (exact) mass is 412 g/mol. The minimum atomic E-state index is -0.460. The maximum atomic E-state index is 13.1. The third-order valence-electron chi connectivity index (χ3n) is 4.79. The predicted molar refractivity (Wildman–Crippen MR) is 121 cm³/mol. The van der Waals surface area contributed by atoms with E-state index in [1.54, 1.807) is 4.90 Å². The number of hydrogen-bond acceptors (Lipinski definition) is 3. The first kappa shape index (κ1) is 23.0. The Hall–Kier alpha value is -2.27. The van der Waals surface area contributed by atoms with Crippen LogP contribution in [0.15, 0.2) is 59.5 Å². The smallest absolute Gasteiger partial charge is 0.242 e. The quantitative estimate of drug-likeness (QED) is 0.426. The standard InChI is InChI=1S/C24H32N2O2S/c1-4-6-16-25-24(28)22(5-2)26(17-20-10-8-7-9-11-20)23(27)18-29-21-14-12-19(3)13-15-21/h7-15,22H,4-6,16-18H2,1-3H3,(H,25,28). The first-order valence-corrected chi connectivity index (χ1v) is 11.3. The summed E-state index contributed by atoms with van der Waals surface area (Å²) >= 11 is 1.51. The van der Waals surface area contributed by atoms with E-state index in [2.05, 4.69) is 12.2 Å². The summed E-state index contributed by atoms with van der Waals surface area (Å²) in [4.78, 5) is 28.7. The predicted octanol–water partition coefficient (Wildman–Crippen LogP) is 4.81. The molecule has 0 saturated heterocycles. The number of nitrogens with one attached hydrogen (secondary N) is 1. The summed E-state index contributed by atoms with van der Waals surface area (Å²) in [5.41, 5.74) is 2.22. The molecule has 1 N–H and O–H groups in total. The van der Waals surface area contributed by atoms with E-state index in [1.165, 1.54) is 17.3 Å². The van der Waals surface area contributed by atoms with Crippen LogP contribution in [0.2, 0.25) is 0 Å². The number of thioether (sulfide) groups is 1. The highest BCUT2D eigenvalue weighted by molar-refractivity contribution is 8.00. The second-order valence-corrected chi connectivity index (χ2v) is 8.23. The van der Waals surface area contributed by atoms with Crippen LogP contribution in [-0.4, -0.2) is 35.1 Å². The van der Waals surface area contributed by atoms with Crippen LogP contribution in [-0.2, 0) is 16.1 Å². The summed E-state index contributed by atoms with van der Waals surface area (Å²) in [6.45, 7) is 7.19. The normalized spacial score (nSPS) is 11.7. The van der Waals surface area contributed by atoms with Crippen molar-refractivity contribution in [1.82, 2.24) is 10.2 Å². The SMILES string of the molecule is CCCCNC(=O)C(CC)N(Cc1ccccc1)C(=O)CSc1ccc(C)cc1. The third kappa shape index (κ3) is 7.58. The second kappa shape index (κ2) is 12.3. The van der Waals surface area contributed by atoms with Gasteiger partial charge in [-0.1, -0.05) is 68.3 Å². The molecule has 2 aromatic rings. The van der Waals surface area contributed by atoms with Crippen molar-refractivity contribution in [2.45, 2.75) is 57.5 Å². The Bertz CT molecular complexity index is 762. The van der Waals surface area contributed by atoms with Gasteiger partial charge >= 0.3 is 0 Å². The Morgan fingerprint density at radius 1 is 1.03 bits per heavy atom. The fourth-order valence-corrected chi connectivity index (χ4v) is 3.85. The van der Waals surface area contributed by atoms with Crippen molar-refractivity contribution < 1.29 is 9.59 Å². The third-order valence-corrected chi connectivity index (χ3v) is 5.79. The Labute approximate surface area is 179 Å². The van der Waals surface area contributed by atoms with Gasteiger partial charge in [-0.2, -0.15) is 0 Å². The minimum Gasteiger partial charge on any atom is -0.354 e. The Kier molecular flexibility index (Phi) is 9.78. The zero-order valence-corrected chi connectivity index (χ0v) is 18.5. The molecule has 0 radical (unpaired) electrons. The van der Waals surface area contributed by atoms with E-state index in [9.17, 15) is 9.59 Å². The minimum absolute atomic E-state index is 0.0167. The van der Waals surface area contributed by atoms with Crippen LogP contribution in [0.5, 0.6) is 0 Å². The molecule has 0 heterocycles. The molecule has 29 heavy (non-hydrogen) atoms. The van der Waals surface area contributed by atoms with Crippen molar-refractivity contribution in [1.29, 1.82) is 0 Å². The summed E-state index contributed by atoms with van der Waals surface area (Å²) in [6, 6.07) is 17.6. The number of carbonyl (C=O) groups excluding carboxylic acids is 2. The van der Waals surface area contributed by atoms with Gasteiger partial charge in [0, 0.05) is 18.0 Å². The highest BCUT2D eigenvalue weighted by Gasteiger charge is 2.28. The van der Waals surface area contributed by atoms with Gasteiger partial charge in [-0.15, -0.1) is 11.8 Å². The Balaban J connectivity index is 2.12. The molecule has 0 aliphatic carbocycles. The molecule has 0 spiro atoms. The molecule has 5 heteroatoms. The fourth-order valence-electron chi connectivity index (χ4n) is 3.07. The molecule has 0 aromatic heterocycles. The van der Waals surface area contributed by atoms with Gasteiger partial charge in [-0.25, -0.2) is 0 Å². The number of amides is 2. The van der Waals surface area contributed by atoms with E-state index in [1.807, 2.05) is 68.4 Å². The van der Waals surface area contributed by atoms with Crippen LogP contribution in [0, 0.1) is 6.92 Å². The van der Waals surface area contributed by atoms with Gasteiger partial charge in [0.25, 0.3) is 0 Å². The van der Waals surface area contributed by atoms with E-state index in [0.717, 1.165) is 23.3 Å². The maximum Gasteiger partial charge on any atom is 0.242 e. The van der Waals surface area contributed by atoms with E-state index < -0.39 is 6.04 Å². The highest BCUT2D eigenvalue weighted by Crippen LogP contribution is 2.21. The zero-order valence-electron chi connectivity index (χ0n) is 17.7. The molecule has 2 aromatic carbocycles. The first-order chi connectivity index (χ1) is 14.0. The Morgan fingerprint density at radius 2 is 1.72 bits per heavy atom. The van der Waals surface area contributed by atoms with Crippen LogP contribution in [0.3, 0.4) is 0 Å². The van der Waals surface area contributed by atoms with Gasteiger partial charge in [-0.3, -0.25) is 9.59 Å². The van der Waals surface area contributed by atoms with Gasteiger partial charge in [0.05, 0.1) is 5.75 Å². The lowest BCUT2D eigenvalue weighted by Crippen LogP contribution is -2.49. The van der Waals surface area contributed by atoms with Crippen LogP contribution in [0.1, 0.15) is 44.2 Å². The molecule has 1 atom stereocenters. The van der Waals surface area contributed by atoms with Crippen molar-refractivity contribution >= 4 is 23.6 Å². The molecule has 0 bridgehead atoms. The number of nitrogens with zero attached hydrogens (tertiary/aromatic N) is 1. The van der Waals surface area contributed by atoms with Crippen LogP contribution in [0.25, 0.3) is 0 Å². The highest BCUT2D eigenvalue weighted by atomic mass is 32.2.